The second kappa shape index (κ2) is 6.90. The highest BCUT2D eigenvalue weighted by molar-refractivity contribution is 5.66. The maximum atomic E-state index is 10.4. The maximum absolute atomic E-state index is 10.4. The molecular weight excluding hydrogens is 236 g/mol. The zero-order valence-corrected chi connectivity index (χ0v) is 10.8. The summed E-state index contributed by atoms with van der Waals surface area (Å²) in [7, 11) is 1.59. The summed E-state index contributed by atoms with van der Waals surface area (Å²) in [6, 6.07) is 1.66. The predicted octanol–water partition coefficient (Wildman–Crippen LogP) is 1.60. The number of methoxy groups -OCH3 is 1. The summed E-state index contributed by atoms with van der Waals surface area (Å²) in [5.74, 6) is 0.325. The standard InChI is InChI=1S/C12H18N2O4/c1-8(2)12-13-9(7-17-3)6-10(14-12)18-5-4-11(15)16/h6,8H,4-5,7H2,1-3H3,(H,15,16). The molecule has 100 valence electrons. The fourth-order valence-electron chi connectivity index (χ4n) is 1.29. The summed E-state index contributed by atoms with van der Waals surface area (Å²) in [5.41, 5.74) is 0.724. The molecule has 6 heteroatoms. The van der Waals surface area contributed by atoms with Crippen molar-refractivity contribution in [2.75, 3.05) is 13.7 Å². The van der Waals surface area contributed by atoms with E-state index in [0.717, 1.165) is 5.69 Å². The van der Waals surface area contributed by atoms with Crippen LogP contribution in [0.1, 0.15) is 37.7 Å². The molecule has 0 aliphatic heterocycles. The first-order valence-corrected chi connectivity index (χ1v) is 5.74. The molecule has 0 radical (unpaired) electrons. The van der Waals surface area contributed by atoms with Gasteiger partial charge in [0.05, 0.1) is 18.7 Å². The van der Waals surface area contributed by atoms with E-state index in [4.69, 9.17) is 14.6 Å². The van der Waals surface area contributed by atoms with Gasteiger partial charge in [0.1, 0.15) is 12.4 Å². The Hall–Kier alpha value is -1.69. The molecule has 1 rings (SSSR count). The van der Waals surface area contributed by atoms with Crippen molar-refractivity contribution in [2.24, 2.45) is 0 Å². The summed E-state index contributed by atoms with van der Waals surface area (Å²) < 4.78 is 10.3. The lowest BCUT2D eigenvalue weighted by molar-refractivity contribution is -0.137. The summed E-state index contributed by atoms with van der Waals surface area (Å²) >= 11 is 0. The third-order valence-electron chi connectivity index (χ3n) is 2.15. The summed E-state index contributed by atoms with van der Waals surface area (Å²) in [5, 5.41) is 8.54. The molecule has 1 aromatic heterocycles. The first-order chi connectivity index (χ1) is 8.52. The van der Waals surface area contributed by atoms with Crippen LogP contribution in [-0.2, 0) is 16.1 Å². The monoisotopic (exact) mass is 254 g/mol. The van der Waals surface area contributed by atoms with Gasteiger partial charge >= 0.3 is 5.97 Å². The number of hydrogen-bond acceptors (Lipinski definition) is 5. The molecule has 1 aromatic rings. The molecule has 0 aromatic carbocycles. The minimum absolute atomic E-state index is 0.0549. The fourth-order valence-corrected chi connectivity index (χ4v) is 1.29. The van der Waals surface area contributed by atoms with Gasteiger partial charge in [-0.3, -0.25) is 4.79 Å². The van der Waals surface area contributed by atoms with Crippen molar-refractivity contribution >= 4 is 5.97 Å². The number of carbonyl (C=O) groups is 1. The predicted molar refractivity (Wildman–Crippen MR) is 64.6 cm³/mol. The normalized spacial score (nSPS) is 10.7. The SMILES string of the molecule is COCc1cc(OCCC(=O)O)nc(C(C)C)n1. The van der Waals surface area contributed by atoms with E-state index in [9.17, 15) is 4.79 Å². The number of ether oxygens (including phenoxy) is 2. The molecule has 0 fully saturated rings. The van der Waals surface area contributed by atoms with Crippen molar-refractivity contribution in [2.45, 2.75) is 32.8 Å². The van der Waals surface area contributed by atoms with Gasteiger partial charge in [-0.2, -0.15) is 4.98 Å². The Labute approximate surface area is 106 Å². The molecule has 0 saturated carbocycles. The minimum Gasteiger partial charge on any atom is -0.481 e. The van der Waals surface area contributed by atoms with Crippen LogP contribution < -0.4 is 4.74 Å². The number of aliphatic carboxylic acids is 1. The van der Waals surface area contributed by atoms with Crippen molar-refractivity contribution in [3.05, 3.63) is 17.6 Å². The van der Waals surface area contributed by atoms with Gasteiger partial charge in [0.25, 0.3) is 0 Å². The Balaban J connectivity index is 2.78. The van der Waals surface area contributed by atoms with Gasteiger partial charge < -0.3 is 14.6 Å². The molecule has 0 aliphatic carbocycles. The van der Waals surface area contributed by atoms with Crippen LogP contribution in [0.3, 0.4) is 0 Å². The fraction of sp³-hybridized carbons (Fsp3) is 0.583. The van der Waals surface area contributed by atoms with Crippen LogP contribution in [0, 0.1) is 0 Å². The molecule has 6 nitrogen and oxygen atoms in total. The molecule has 0 atom stereocenters. The van der Waals surface area contributed by atoms with Gasteiger partial charge in [0, 0.05) is 19.1 Å². The minimum atomic E-state index is -0.898. The van der Waals surface area contributed by atoms with Crippen LogP contribution in [0.4, 0.5) is 0 Å². The number of hydrogen-bond donors (Lipinski definition) is 1. The Kier molecular flexibility index (Phi) is 5.51. The van der Waals surface area contributed by atoms with Gasteiger partial charge in [-0.1, -0.05) is 13.8 Å². The van der Waals surface area contributed by atoms with Crippen molar-refractivity contribution in [1.82, 2.24) is 9.97 Å². The van der Waals surface area contributed by atoms with Gasteiger partial charge in [0.2, 0.25) is 5.88 Å². The molecular formula is C12H18N2O4. The van der Waals surface area contributed by atoms with Crippen molar-refractivity contribution in [3.63, 3.8) is 0 Å². The first-order valence-electron chi connectivity index (χ1n) is 5.74. The van der Waals surface area contributed by atoms with E-state index < -0.39 is 5.97 Å². The number of rotatable bonds is 7. The smallest absolute Gasteiger partial charge is 0.306 e. The van der Waals surface area contributed by atoms with Crippen molar-refractivity contribution in [1.29, 1.82) is 0 Å². The van der Waals surface area contributed by atoms with Crippen LogP contribution in [-0.4, -0.2) is 34.8 Å². The van der Waals surface area contributed by atoms with Crippen LogP contribution in [0.2, 0.25) is 0 Å². The zero-order valence-electron chi connectivity index (χ0n) is 10.8. The summed E-state index contributed by atoms with van der Waals surface area (Å²) in [6.07, 6.45) is -0.0549. The highest BCUT2D eigenvalue weighted by Crippen LogP contribution is 2.16. The van der Waals surface area contributed by atoms with E-state index in [1.54, 1.807) is 13.2 Å². The van der Waals surface area contributed by atoms with Crippen molar-refractivity contribution < 1.29 is 19.4 Å². The third kappa shape index (κ3) is 4.67. The van der Waals surface area contributed by atoms with Crippen LogP contribution >= 0.6 is 0 Å². The maximum Gasteiger partial charge on any atom is 0.306 e. The topological polar surface area (TPSA) is 81.5 Å². The van der Waals surface area contributed by atoms with E-state index in [0.29, 0.717) is 18.3 Å². The van der Waals surface area contributed by atoms with Crippen LogP contribution in [0.25, 0.3) is 0 Å². The van der Waals surface area contributed by atoms with E-state index in [-0.39, 0.29) is 18.9 Å². The summed E-state index contributed by atoms with van der Waals surface area (Å²) in [6.45, 7) is 4.42. The van der Waals surface area contributed by atoms with E-state index in [2.05, 4.69) is 9.97 Å². The molecule has 1 heterocycles. The van der Waals surface area contributed by atoms with Gasteiger partial charge in [-0.05, 0) is 0 Å². The second-order valence-corrected chi connectivity index (χ2v) is 4.14. The third-order valence-corrected chi connectivity index (χ3v) is 2.15. The van der Waals surface area contributed by atoms with Crippen molar-refractivity contribution in [3.8, 4) is 5.88 Å². The Morgan fingerprint density at radius 3 is 2.72 bits per heavy atom. The molecule has 0 spiro atoms. The van der Waals surface area contributed by atoms with Gasteiger partial charge in [-0.15, -0.1) is 0 Å². The zero-order chi connectivity index (χ0) is 13.5. The van der Waals surface area contributed by atoms with Crippen LogP contribution in [0.5, 0.6) is 5.88 Å². The number of carboxylic acid groups (broad SMARTS) is 1. The highest BCUT2D eigenvalue weighted by atomic mass is 16.5. The number of nitrogens with zero attached hydrogens (tertiary/aromatic N) is 2. The molecule has 0 saturated heterocycles. The lowest BCUT2D eigenvalue weighted by Crippen LogP contribution is -2.09. The van der Waals surface area contributed by atoms with E-state index >= 15 is 0 Å². The van der Waals surface area contributed by atoms with E-state index in [1.165, 1.54) is 0 Å². The number of carboxylic acids is 1. The molecule has 1 N–H and O–H groups in total. The average Bonchev–Trinajstić information content (AvgIpc) is 2.28. The van der Waals surface area contributed by atoms with Crippen LogP contribution in [0.15, 0.2) is 6.07 Å². The lowest BCUT2D eigenvalue weighted by atomic mass is 10.2. The Morgan fingerprint density at radius 1 is 1.44 bits per heavy atom. The molecule has 0 aliphatic rings. The first kappa shape index (κ1) is 14.4. The van der Waals surface area contributed by atoms with E-state index in [1.807, 2.05) is 13.8 Å². The molecule has 0 amide bonds. The largest absolute Gasteiger partial charge is 0.481 e. The molecule has 0 unspecified atom stereocenters. The van der Waals surface area contributed by atoms with Gasteiger partial charge in [-0.25, -0.2) is 4.98 Å². The number of aromatic nitrogens is 2. The molecule has 0 bridgehead atoms. The average molecular weight is 254 g/mol. The second-order valence-electron chi connectivity index (χ2n) is 4.14. The Bertz CT molecular complexity index is 407. The van der Waals surface area contributed by atoms with Gasteiger partial charge in [0.15, 0.2) is 0 Å². The summed E-state index contributed by atoms with van der Waals surface area (Å²) in [4.78, 5) is 19.0. The lowest BCUT2D eigenvalue weighted by Gasteiger charge is -2.10. The highest BCUT2D eigenvalue weighted by Gasteiger charge is 2.09. The Morgan fingerprint density at radius 2 is 2.17 bits per heavy atom. The molecule has 18 heavy (non-hydrogen) atoms. The quantitative estimate of drug-likeness (QED) is 0.796.